The van der Waals surface area contributed by atoms with Crippen molar-refractivity contribution in [3.63, 3.8) is 0 Å². The summed E-state index contributed by atoms with van der Waals surface area (Å²) in [4.78, 5) is 12.3. The molecule has 0 aliphatic heterocycles. The Hall–Kier alpha value is -2.17. The Morgan fingerprint density at radius 1 is 1.00 bits per heavy atom. The molecule has 3 rings (SSSR count). The normalized spacial score (nSPS) is 19.8. The van der Waals surface area contributed by atoms with Gasteiger partial charge in [0, 0.05) is 0 Å². The number of carbonyl (C=O) groups excluding carboxylic acids is 1. The van der Waals surface area contributed by atoms with Crippen LogP contribution in [0.4, 0.5) is 0 Å². The summed E-state index contributed by atoms with van der Waals surface area (Å²) in [6, 6.07) is 21.4. The Morgan fingerprint density at radius 3 is 1.97 bits per heavy atom. The Morgan fingerprint density at radius 2 is 1.53 bits per heavy atom. The summed E-state index contributed by atoms with van der Waals surface area (Å²) in [5.41, 5.74) is 1.29. The first-order chi connectivity index (χ1) is 14.3. The van der Waals surface area contributed by atoms with Crippen LogP contribution < -0.4 is 10.4 Å². The highest BCUT2D eigenvalue weighted by Crippen LogP contribution is 2.40. The molecule has 0 spiro atoms. The number of hydrogen-bond acceptors (Lipinski definition) is 3. The van der Waals surface area contributed by atoms with Crippen LogP contribution in [0.1, 0.15) is 47.0 Å². The molecular formula is C26H34O3Si. The Bertz CT molecular complexity index is 829. The van der Waals surface area contributed by atoms with Gasteiger partial charge in [-0.25, -0.2) is 0 Å². The highest BCUT2D eigenvalue weighted by molar-refractivity contribution is 6.99. The van der Waals surface area contributed by atoms with Crippen molar-refractivity contribution >= 4 is 24.7 Å². The minimum Gasteiger partial charge on any atom is -0.469 e. The monoisotopic (exact) mass is 422 g/mol. The summed E-state index contributed by atoms with van der Waals surface area (Å²) in [6.07, 6.45) is 4.46. The van der Waals surface area contributed by atoms with Gasteiger partial charge in [0.05, 0.1) is 19.1 Å². The number of allylic oxidation sites excluding steroid dienone is 1. The van der Waals surface area contributed by atoms with Crippen LogP contribution >= 0.6 is 0 Å². The van der Waals surface area contributed by atoms with Gasteiger partial charge in [0.1, 0.15) is 0 Å². The lowest BCUT2D eigenvalue weighted by Gasteiger charge is -2.46. The van der Waals surface area contributed by atoms with Crippen molar-refractivity contribution in [1.29, 1.82) is 0 Å². The summed E-state index contributed by atoms with van der Waals surface area (Å²) in [7, 11) is -1.19. The minimum atomic E-state index is -2.66. The Balaban J connectivity index is 2.14. The van der Waals surface area contributed by atoms with Gasteiger partial charge in [-0.15, -0.1) is 0 Å². The number of carbonyl (C=O) groups is 1. The van der Waals surface area contributed by atoms with Crippen molar-refractivity contribution < 1.29 is 14.0 Å². The van der Waals surface area contributed by atoms with Crippen LogP contribution in [-0.4, -0.2) is 27.5 Å². The molecule has 0 saturated heterocycles. The lowest BCUT2D eigenvalue weighted by molar-refractivity contribution is -0.146. The highest BCUT2D eigenvalue weighted by atomic mass is 28.4. The topological polar surface area (TPSA) is 35.5 Å². The molecule has 2 aromatic rings. The lowest BCUT2D eigenvalue weighted by atomic mass is 9.86. The zero-order chi connectivity index (χ0) is 21.8. The summed E-state index contributed by atoms with van der Waals surface area (Å²) >= 11 is 0. The predicted molar refractivity (Wildman–Crippen MR) is 126 cm³/mol. The van der Waals surface area contributed by atoms with Crippen LogP contribution in [0, 0.1) is 5.92 Å². The molecule has 3 nitrogen and oxygen atoms in total. The van der Waals surface area contributed by atoms with Crippen molar-refractivity contribution in [3.8, 4) is 0 Å². The average molecular weight is 423 g/mol. The fourth-order valence-electron chi connectivity index (χ4n) is 4.69. The second-order valence-corrected chi connectivity index (χ2v) is 13.3. The van der Waals surface area contributed by atoms with Crippen LogP contribution in [0.15, 0.2) is 72.3 Å². The minimum absolute atomic E-state index is 0.0841. The molecule has 160 valence electrons. The summed E-state index contributed by atoms with van der Waals surface area (Å²) in [6.45, 7) is 9.03. The molecule has 0 amide bonds. The highest BCUT2D eigenvalue weighted by Gasteiger charge is 2.52. The van der Waals surface area contributed by atoms with E-state index in [2.05, 4.69) is 94.4 Å². The zero-order valence-corrected chi connectivity index (χ0v) is 19.9. The number of ether oxygens (including phenoxy) is 1. The van der Waals surface area contributed by atoms with Gasteiger partial charge >= 0.3 is 5.97 Å². The van der Waals surface area contributed by atoms with Gasteiger partial charge in [-0.05, 0) is 40.2 Å². The van der Waals surface area contributed by atoms with Gasteiger partial charge in [0.25, 0.3) is 8.32 Å². The molecule has 30 heavy (non-hydrogen) atoms. The molecule has 1 aliphatic rings. The standard InChI is InChI=1S/C26H34O3Si/c1-6-20-17-18-21(25(27)28-5)19-24(20)29-30(26(2,3)4,22-13-9-7-10-14-22)23-15-11-8-12-16-23/h7-17,21,24H,6,18-19H2,1-5H3/t21-,24-/m0/s1. The quantitative estimate of drug-likeness (QED) is 0.379. The molecule has 0 radical (unpaired) electrons. The number of methoxy groups -OCH3 is 1. The fourth-order valence-corrected chi connectivity index (χ4v) is 9.38. The van der Waals surface area contributed by atoms with Crippen LogP contribution in [-0.2, 0) is 14.0 Å². The van der Waals surface area contributed by atoms with Crippen LogP contribution in [0.5, 0.6) is 0 Å². The summed E-state index contributed by atoms with van der Waals surface area (Å²) in [5, 5.41) is 2.44. The molecule has 0 saturated carbocycles. The number of hydrogen-bond donors (Lipinski definition) is 0. The van der Waals surface area contributed by atoms with E-state index in [1.54, 1.807) is 0 Å². The smallest absolute Gasteiger partial charge is 0.309 e. The van der Waals surface area contributed by atoms with E-state index >= 15 is 0 Å². The second-order valence-electron chi connectivity index (χ2n) is 9.09. The second kappa shape index (κ2) is 9.32. The van der Waals surface area contributed by atoms with Crippen LogP contribution in [0.2, 0.25) is 5.04 Å². The molecule has 0 heterocycles. The summed E-state index contributed by atoms with van der Waals surface area (Å²) < 4.78 is 12.4. The maximum absolute atomic E-state index is 12.3. The maximum atomic E-state index is 12.3. The first-order valence-electron chi connectivity index (χ1n) is 10.9. The molecule has 0 unspecified atom stereocenters. The lowest BCUT2D eigenvalue weighted by Crippen LogP contribution is -2.68. The number of rotatable bonds is 6. The van der Waals surface area contributed by atoms with Crippen molar-refractivity contribution in [2.24, 2.45) is 5.92 Å². The average Bonchev–Trinajstić information content (AvgIpc) is 2.77. The third-order valence-corrected chi connectivity index (χ3v) is 11.3. The molecule has 0 N–H and O–H groups in total. The first-order valence-corrected chi connectivity index (χ1v) is 12.8. The van der Waals surface area contributed by atoms with Gasteiger partial charge in [0.2, 0.25) is 0 Å². The number of esters is 1. The van der Waals surface area contributed by atoms with E-state index in [1.807, 2.05) is 0 Å². The molecule has 2 atom stereocenters. The third-order valence-electron chi connectivity index (χ3n) is 6.26. The Labute approximate surface area is 182 Å². The van der Waals surface area contributed by atoms with E-state index in [4.69, 9.17) is 9.16 Å². The van der Waals surface area contributed by atoms with Gasteiger partial charge in [0.15, 0.2) is 0 Å². The first kappa shape index (κ1) is 22.5. The number of benzene rings is 2. The van der Waals surface area contributed by atoms with Gasteiger partial charge < -0.3 is 9.16 Å². The molecular weight excluding hydrogens is 388 g/mol. The van der Waals surface area contributed by atoms with Gasteiger partial charge in [-0.2, -0.15) is 0 Å². The molecule has 1 aliphatic carbocycles. The SMILES string of the molecule is CCC1=CC[C@H](C(=O)OC)C[C@@H]1O[Si](c1ccccc1)(c1ccccc1)C(C)(C)C. The van der Waals surface area contributed by atoms with Gasteiger partial charge in [-0.1, -0.05) is 94.4 Å². The summed E-state index contributed by atoms with van der Waals surface area (Å²) in [5.74, 6) is -0.286. The van der Waals surface area contributed by atoms with Crippen molar-refractivity contribution in [3.05, 3.63) is 72.3 Å². The van der Waals surface area contributed by atoms with E-state index in [-0.39, 0.29) is 23.0 Å². The molecule has 0 aromatic heterocycles. The third kappa shape index (κ3) is 4.30. The van der Waals surface area contributed by atoms with E-state index in [9.17, 15) is 4.79 Å². The van der Waals surface area contributed by atoms with E-state index < -0.39 is 8.32 Å². The molecule has 2 aromatic carbocycles. The molecule has 4 heteroatoms. The van der Waals surface area contributed by atoms with Crippen molar-refractivity contribution in [2.75, 3.05) is 7.11 Å². The fraction of sp³-hybridized carbons (Fsp3) is 0.423. The molecule has 0 bridgehead atoms. The maximum Gasteiger partial charge on any atom is 0.309 e. The van der Waals surface area contributed by atoms with Crippen LogP contribution in [0.3, 0.4) is 0 Å². The van der Waals surface area contributed by atoms with E-state index in [1.165, 1.54) is 23.1 Å². The Kier molecular flexibility index (Phi) is 6.99. The van der Waals surface area contributed by atoms with Crippen molar-refractivity contribution in [1.82, 2.24) is 0 Å². The molecule has 0 fully saturated rings. The predicted octanol–water partition coefficient (Wildman–Crippen LogP) is 4.85. The van der Waals surface area contributed by atoms with Crippen LogP contribution in [0.25, 0.3) is 0 Å². The van der Waals surface area contributed by atoms with E-state index in [0.29, 0.717) is 6.42 Å². The van der Waals surface area contributed by atoms with Gasteiger partial charge in [-0.3, -0.25) is 4.79 Å². The zero-order valence-electron chi connectivity index (χ0n) is 18.9. The largest absolute Gasteiger partial charge is 0.469 e. The van der Waals surface area contributed by atoms with Crippen molar-refractivity contribution in [2.45, 2.75) is 58.1 Å². The van der Waals surface area contributed by atoms with E-state index in [0.717, 1.165) is 12.8 Å².